The number of aryl methyl sites for hydroxylation is 1. The van der Waals surface area contributed by atoms with Crippen molar-refractivity contribution in [1.29, 1.82) is 0 Å². The number of benzene rings is 2. The van der Waals surface area contributed by atoms with Crippen molar-refractivity contribution in [3.05, 3.63) is 83.6 Å². The molecule has 3 N–H and O–H groups in total. The lowest BCUT2D eigenvalue weighted by Crippen LogP contribution is -2.28. The number of hydrogen-bond donors (Lipinski definition) is 3. The number of hydrogen-bond acceptors (Lipinski definition) is 4. The van der Waals surface area contributed by atoms with Crippen LogP contribution in [0.15, 0.2) is 66.9 Å². The number of para-hydroxylation sites is 1. The molecule has 1 aromatic heterocycles. The van der Waals surface area contributed by atoms with Gasteiger partial charge in [-0.2, -0.15) is 0 Å². The lowest BCUT2D eigenvalue weighted by atomic mass is 10.0. The largest absolute Gasteiger partial charge is 0.355 e. The molecule has 0 saturated carbocycles. The summed E-state index contributed by atoms with van der Waals surface area (Å²) in [6, 6.07) is 18.8. The Kier molecular flexibility index (Phi) is 6.58. The van der Waals surface area contributed by atoms with Crippen LogP contribution in [0.3, 0.4) is 0 Å². The quantitative estimate of drug-likeness (QED) is 0.512. The molecule has 0 aliphatic carbocycles. The van der Waals surface area contributed by atoms with Gasteiger partial charge in [0.2, 0.25) is 0 Å². The Morgan fingerprint density at radius 3 is 2.52 bits per heavy atom. The molecule has 2 aromatic carbocycles. The van der Waals surface area contributed by atoms with E-state index in [1.54, 1.807) is 6.07 Å². The molecule has 0 aliphatic heterocycles. The van der Waals surface area contributed by atoms with Crippen LogP contribution in [-0.2, 0) is 6.42 Å². The minimum Gasteiger partial charge on any atom is -0.355 e. The van der Waals surface area contributed by atoms with E-state index in [2.05, 4.69) is 20.9 Å². The zero-order chi connectivity index (χ0) is 20.6. The molecule has 1 heterocycles. The van der Waals surface area contributed by atoms with Crippen molar-refractivity contribution in [2.75, 3.05) is 17.2 Å². The molecule has 0 aliphatic rings. The highest BCUT2D eigenvalue weighted by atomic mass is 16.2. The van der Waals surface area contributed by atoms with Crippen LogP contribution in [0.4, 0.5) is 22.0 Å². The van der Waals surface area contributed by atoms with Gasteiger partial charge in [-0.25, -0.2) is 9.78 Å². The monoisotopic (exact) mass is 388 g/mol. The number of carbonyl (C=O) groups is 2. The second-order valence-electron chi connectivity index (χ2n) is 6.68. The molecule has 0 saturated heterocycles. The Labute approximate surface area is 170 Å². The van der Waals surface area contributed by atoms with E-state index in [4.69, 9.17) is 0 Å². The van der Waals surface area contributed by atoms with Crippen LogP contribution in [-0.4, -0.2) is 23.3 Å². The molecule has 6 heteroatoms. The van der Waals surface area contributed by atoms with E-state index in [9.17, 15) is 9.59 Å². The molecular weight excluding hydrogens is 364 g/mol. The van der Waals surface area contributed by atoms with Crippen LogP contribution in [0.5, 0.6) is 0 Å². The fourth-order valence-electron chi connectivity index (χ4n) is 2.95. The maximum absolute atomic E-state index is 13.0. The summed E-state index contributed by atoms with van der Waals surface area (Å²) in [6.45, 7) is 4.34. The molecule has 0 fully saturated rings. The molecule has 3 aromatic rings. The average Bonchev–Trinajstić information content (AvgIpc) is 2.69. The first-order chi connectivity index (χ1) is 14.0. The Morgan fingerprint density at radius 1 is 1.00 bits per heavy atom. The van der Waals surface area contributed by atoms with Crippen molar-refractivity contribution < 1.29 is 9.59 Å². The lowest BCUT2D eigenvalue weighted by Gasteiger charge is -2.14. The van der Waals surface area contributed by atoms with Crippen molar-refractivity contribution in [3.63, 3.8) is 0 Å². The minimum absolute atomic E-state index is 0.0499. The van der Waals surface area contributed by atoms with Crippen LogP contribution in [0.1, 0.15) is 28.4 Å². The molecule has 0 unspecified atom stereocenters. The van der Waals surface area contributed by atoms with Gasteiger partial charge < -0.3 is 10.6 Å². The first kappa shape index (κ1) is 20.1. The highest BCUT2D eigenvalue weighted by molar-refractivity contribution is 6.03. The summed E-state index contributed by atoms with van der Waals surface area (Å²) in [5.74, 6) is 0.313. The third kappa shape index (κ3) is 5.65. The molecule has 2 amide bonds. The number of nitrogens with zero attached hydrogens (tertiary/aromatic N) is 1. The zero-order valence-corrected chi connectivity index (χ0v) is 16.5. The van der Waals surface area contributed by atoms with Gasteiger partial charge in [0.05, 0.1) is 11.3 Å². The molecule has 29 heavy (non-hydrogen) atoms. The van der Waals surface area contributed by atoms with E-state index in [1.165, 1.54) is 6.20 Å². The zero-order valence-electron chi connectivity index (χ0n) is 16.5. The number of amides is 2. The third-order valence-electron chi connectivity index (χ3n) is 4.28. The number of urea groups is 1. The highest BCUT2D eigenvalue weighted by Gasteiger charge is 2.15. The lowest BCUT2D eigenvalue weighted by molar-refractivity contribution is 0.0993. The second-order valence-corrected chi connectivity index (χ2v) is 6.68. The molecule has 0 bridgehead atoms. The Bertz CT molecular complexity index is 1000. The fourth-order valence-corrected chi connectivity index (χ4v) is 2.95. The smallest absolute Gasteiger partial charge is 0.320 e. The maximum atomic E-state index is 13.0. The molecule has 6 nitrogen and oxygen atoms in total. The number of rotatable bonds is 7. The Balaban J connectivity index is 1.89. The molecule has 148 valence electrons. The third-order valence-corrected chi connectivity index (χ3v) is 4.28. The van der Waals surface area contributed by atoms with E-state index in [0.717, 1.165) is 16.8 Å². The summed E-state index contributed by atoms with van der Waals surface area (Å²) >= 11 is 0. The minimum atomic E-state index is -0.343. The summed E-state index contributed by atoms with van der Waals surface area (Å²) in [4.78, 5) is 29.1. The summed E-state index contributed by atoms with van der Waals surface area (Å²) in [5, 5.41) is 8.60. The van der Waals surface area contributed by atoms with Gasteiger partial charge in [-0.05, 0) is 31.5 Å². The topological polar surface area (TPSA) is 83.1 Å². The van der Waals surface area contributed by atoms with Gasteiger partial charge in [-0.15, -0.1) is 0 Å². The standard InChI is InChI=1S/C23H24N4O2/c1-3-24-23(29)27-22-14-20(26-18-10-5-4-6-11-18)19(15-25-22)21(28)13-17-9-7-8-16(2)12-17/h4-12,14-15H,3,13H2,1-2H3,(H3,24,25,26,27,29). The Hall–Kier alpha value is -3.67. The predicted molar refractivity (Wildman–Crippen MR) is 116 cm³/mol. The second kappa shape index (κ2) is 9.50. The first-order valence-electron chi connectivity index (χ1n) is 9.51. The molecule has 3 rings (SSSR count). The van der Waals surface area contributed by atoms with Crippen LogP contribution in [0.2, 0.25) is 0 Å². The van der Waals surface area contributed by atoms with E-state index in [-0.39, 0.29) is 18.2 Å². The van der Waals surface area contributed by atoms with Crippen molar-refractivity contribution in [3.8, 4) is 0 Å². The number of ketones is 1. The van der Waals surface area contributed by atoms with Gasteiger partial charge >= 0.3 is 6.03 Å². The van der Waals surface area contributed by atoms with Gasteiger partial charge in [0, 0.05) is 30.9 Å². The van der Waals surface area contributed by atoms with Crippen molar-refractivity contribution >= 4 is 29.0 Å². The highest BCUT2D eigenvalue weighted by Crippen LogP contribution is 2.25. The number of Topliss-reactive ketones (excluding diaryl/α,β-unsaturated/α-hetero) is 1. The molecular formula is C23H24N4O2. The number of carbonyl (C=O) groups excluding carboxylic acids is 2. The van der Waals surface area contributed by atoms with E-state index >= 15 is 0 Å². The van der Waals surface area contributed by atoms with Crippen LogP contribution < -0.4 is 16.0 Å². The van der Waals surface area contributed by atoms with Crippen LogP contribution in [0.25, 0.3) is 0 Å². The van der Waals surface area contributed by atoms with Crippen molar-refractivity contribution in [2.24, 2.45) is 0 Å². The predicted octanol–water partition coefficient (Wildman–Crippen LogP) is 4.70. The number of pyridine rings is 1. The van der Waals surface area contributed by atoms with Crippen molar-refractivity contribution in [2.45, 2.75) is 20.3 Å². The van der Waals surface area contributed by atoms with Gasteiger partial charge in [0.25, 0.3) is 0 Å². The van der Waals surface area contributed by atoms with E-state index in [0.29, 0.717) is 23.6 Å². The van der Waals surface area contributed by atoms with Crippen LogP contribution in [0, 0.1) is 6.92 Å². The number of aromatic nitrogens is 1. The summed E-state index contributed by atoms with van der Waals surface area (Å²) in [7, 11) is 0. The fraction of sp³-hybridized carbons (Fsp3) is 0.174. The van der Waals surface area contributed by atoms with Gasteiger partial charge in [0.1, 0.15) is 5.82 Å². The van der Waals surface area contributed by atoms with Crippen LogP contribution >= 0.6 is 0 Å². The summed E-state index contributed by atoms with van der Waals surface area (Å²) < 4.78 is 0. The first-order valence-corrected chi connectivity index (χ1v) is 9.51. The van der Waals surface area contributed by atoms with E-state index < -0.39 is 0 Å². The Morgan fingerprint density at radius 2 is 1.79 bits per heavy atom. The summed E-state index contributed by atoms with van der Waals surface area (Å²) in [6.07, 6.45) is 1.78. The number of nitrogens with one attached hydrogen (secondary N) is 3. The average molecular weight is 388 g/mol. The molecule has 0 spiro atoms. The summed E-state index contributed by atoms with van der Waals surface area (Å²) in [5.41, 5.74) is 3.96. The van der Waals surface area contributed by atoms with Gasteiger partial charge in [0.15, 0.2) is 5.78 Å². The van der Waals surface area contributed by atoms with E-state index in [1.807, 2.05) is 68.4 Å². The van der Waals surface area contributed by atoms with Gasteiger partial charge in [-0.3, -0.25) is 10.1 Å². The normalized spacial score (nSPS) is 10.3. The maximum Gasteiger partial charge on any atom is 0.320 e. The SMILES string of the molecule is CCNC(=O)Nc1cc(Nc2ccccc2)c(C(=O)Cc2cccc(C)c2)cn1. The molecule has 0 radical (unpaired) electrons. The van der Waals surface area contributed by atoms with Gasteiger partial charge in [-0.1, -0.05) is 48.0 Å². The number of anilines is 3. The molecule has 0 atom stereocenters. The van der Waals surface area contributed by atoms with Crippen molar-refractivity contribution in [1.82, 2.24) is 10.3 Å².